The number of amides is 1. The second-order valence-corrected chi connectivity index (χ2v) is 6.80. The summed E-state index contributed by atoms with van der Waals surface area (Å²) in [6.07, 6.45) is 0. The van der Waals surface area contributed by atoms with Gasteiger partial charge in [0, 0.05) is 24.7 Å². The number of methoxy groups -OCH3 is 3. The summed E-state index contributed by atoms with van der Waals surface area (Å²) in [7, 11) is 4.76. The molecule has 3 aromatic rings. The predicted octanol–water partition coefficient (Wildman–Crippen LogP) is 2.10. The molecule has 2 aromatic carbocycles. The molecule has 1 amide bonds. The van der Waals surface area contributed by atoms with Crippen molar-refractivity contribution < 1.29 is 19.0 Å². The first-order chi connectivity index (χ1) is 14.1. The summed E-state index contributed by atoms with van der Waals surface area (Å²) in [5.74, 6) is 2.06. The highest BCUT2D eigenvalue weighted by Crippen LogP contribution is 2.26. The molecule has 0 fully saturated rings. The number of tetrazole rings is 1. The standard InChI is InChI=1S/C19H21N5O4S/c1-26-15-6-4-13(5-7-15)11-20-18(25)12-29-19-21-22-23-24(19)14-8-16(27-2)10-17(9-14)28-3/h4-10H,11-12H2,1-3H3,(H,20,25). The molecule has 0 aliphatic heterocycles. The topological polar surface area (TPSA) is 100 Å². The molecule has 0 bridgehead atoms. The summed E-state index contributed by atoms with van der Waals surface area (Å²) in [6, 6.07) is 12.8. The zero-order chi connectivity index (χ0) is 20.6. The fourth-order valence-corrected chi connectivity index (χ4v) is 3.19. The quantitative estimate of drug-likeness (QED) is 0.530. The molecule has 152 valence electrons. The van der Waals surface area contributed by atoms with Crippen LogP contribution in [0.4, 0.5) is 0 Å². The monoisotopic (exact) mass is 415 g/mol. The van der Waals surface area contributed by atoms with Gasteiger partial charge in [-0.1, -0.05) is 23.9 Å². The van der Waals surface area contributed by atoms with Crippen LogP contribution in [-0.4, -0.2) is 53.2 Å². The minimum Gasteiger partial charge on any atom is -0.497 e. The van der Waals surface area contributed by atoms with Gasteiger partial charge < -0.3 is 19.5 Å². The van der Waals surface area contributed by atoms with Crippen LogP contribution >= 0.6 is 11.8 Å². The van der Waals surface area contributed by atoms with Crippen molar-refractivity contribution in [3.8, 4) is 22.9 Å². The molecule has 0 aliphatic rings. The van der Waals surface area contributed by atoms with Crippen molar-refractivity contribution in [1.82, 2.24) is 25.5 Å². The Morgan fingerprint density at radius 3 is 2.28 bits per heavy atom. The van der Waals surface area contributed by atoms with Gasteiger partial charge in [-0.15, -0.1) is 5.10 Å². The van der Waals surface area contributed by atoms with Gasteiger partial charge >= 0.3 is 0 Å². The number of hydrogen-bond acceptors (Lipinski definition) is 8. The molecule has 0 saturated heterocycles. The zero-order valence-electron chi connectivity index (χ0n) is 16.3. The van der Waals surface area contributed by atoms with Gasteiger partial charge in [-0.3, -0.25) is 4.79 Å². The number of aromatic nitrogens is 4. The highest BCUT2D eigenvalue weighted by molar-refractivity contribution is 7.99. The maximum Gasteiger partial charge on any atom is 0.230 e. The van der Waals surface area contributed by atoms with Crippen LogP contribution in [0.3, 0.4) is 0 Å². The van der Waals surface area contributed by atoms with E-state index in [9.17, 15) is 4.79 Å². The van der Waals surface area contributed by atoms with Crippen LogP contribution in [-0.2, 0) is 11.3 Å². The van der Waals surface area contributed by atoms with E-state index in [1.54, 1.807) is 39.5 Å². The van der Waals surface area contributed by atoms with Gasteiger partial charge in [0.2, 0.25) is 11.1 Å². The zero-order valence-corrected chi connectivity index (χ0v) is 17.1. The van der Waals surface area contributed by atoms with E-state index in [0.717, 1.165) is 11.3 Å². The summed E-state index contributed by atoms with van der Waals surface area (Å²) in [5, 5.41) is 15.1. The fraction of sp³-hybridized carbons (Fsp3) is 0.263. The molecule has 0 unspecified atom stereocenters. The lowest BCUT2D eigenvalue weighted by atomic mass is 10.2. The molecule has 0 aliphatic carbocycles. The second kappa shape index (κ2) is 9.78. The van der Waals surface area contributed by atoms with E-state index in [4.69, 9.17) is 14.2 Å². The number of nitrogens with zero attached hydrogens (tertiary/aromatic N) is 4. The van der Waals surface area contributed by atoms with E-state index in [2.05, 4.69) is 20.8 Å². The average molecular weight is 415 g/mol. The van der Waals surface area contributed by atoms with Crippen LogP contribution in [0.15, 0.2) is 47.6 Å². The summed E-state index contributed by atoms with van der Waals surface area (Å²) < 4.78 is 17.2. The summed E-state index contributed by atoms with van der Waals surface area (Å²) >= 11 is 1.24. The van der Waals surface area contributed by atoms with Crippen LogP contribution in [0.2, 0.25) is 0 Å². The molecule has 3 rings (SSSR count). The smallest absolute Gasteiger partial charge is 0.230 e. The van der Waals surface area contributed by atoms with Crippen LogP contribution in [0.5, 0.6) is 17.2 Å². The molecule has 29 heavy (non-hydrogen) atoms. The molecule has 0 radical (unpaired) electrons. The molecule has 9 nitrogen and oxygen atoms in total. The first-order valence-electron chi connectivity index (χ1n) is 8.67. The third-order valence-corrected chi connectivity index (χ3v) is 4.92. The molecule has 10 heteroatoms. The van der Waals surface area contributed by atoms with Gasteiger partial charge in [0.15, 0.2) is 0 Å². The van der Waals surface area contributed by atoms with Gasteiger partial charge in [-0.25, -0.2) is 0 Å². The number of thioether (sulfide) groups is 1. The number of nitrogens with one attached hydrogen (secondary N) is 1. The minimum absolute atomic E-state index is 0.122. The van der Waals surface area contributed by atoms with E-state index < -0.39 is 0 Å². The lowest BCUT2D eigenvalue weighted by Gasteiger charge is -2.09. The Morgan fingerprint density at radius 2 is 1.66 bits per heavy atom. The van der Waals surface area contributed by atoms with Crippen LogP contribution in [0, 0.1) is 0 Å². The number of hydrogen-bond donors (Lipinski definition) is 1. The Balaban J connectivity index is 1.60. The Labute approximate surface area is 172 Å². The SMILES string of the molecule is COc1ccc(CNC(=O)CSc2nnnn2-c2cc(OC)cc(OC)c2)cc1. The molecule has 1 N–H and O–H groups in total. The molecule has 1 heterocycles. The van der Waals surface area contributed by atoms with Crippen molar-refractivity contribution in [3.05, 3.63) is 48.0 Å². The van der Waals surface area contributed by atoms with Crippen molar-refractivity contribution in [2.45, 2.75) is 11.7 Å². The molecule has 1 aromatic heterocycles. The van der Waals surface area contributed by atoms with Gasteiger partial charge in [-0.05, 0) is 28.1 Å². The van der Waals surface area contributed by atoms with Crippen LogP contribution in [0.25, 0.3) is 5.69 Å². The van der Waals surface area contributed by atoms with E-state index in [1.807, 2.05) is 24.3 Å². The van der Waals surface area contributed by atoms with Crippen molar-refractivity contribution >= 4 is 17.7 Å². The molecule has 0 atom stereocenters. The maximum absolute atomic E-state index is 12.2. The number of rotatable bonds is 9. The van der Waals surface area contributed by atoms with Gasteiger partial charge in [0.25, 0.3) is 0 Å². The van der Waals surface area contributed by atoms with E-state index in [0.29, 0.717) is 28.9 Å². The Hall–Kier alpha value is -3.27. The number of ether oxygens (including phenoxy) is 3. The van der Waals surface area contributed by atoms with Crippen molar-refractivity contribution in [1.29, 1.82) is 0 Å². The second-order valence-electron chi connectivity index (χ2n) is 5.86. The van der Waals surface area contributed by atoms with Crippen molar-refractivity contribution in [2.75, 3.05) is 27.1 Å². The molecule has 0 saturated carbocycles. The lowest BCUT2D eigenvalue weighted by Crippen LogP contribution is -2.24. The third-order valence-electron chi connectivity index (χ3n) is 4.00. The number of benzene rings is 2. The van der Waals surface area contributed by atoms with Gasteiger partial charge in [-0.2, -0.15) is 4.68 Å². The predicted molar refractivity (Wildman–Crippen MR) is 108 cm³/mol. The first-order valence-corrected chi connectivity index (χ1v) is 9.65. The lowest BCUT2D eigenvalue weighted by molar-refractivity contribution is -0.118. The third kappa shape index (κ3) is 5.38. The van der Waals surface area contributed by atoms with Crippen molar-refractivity contribution in [2.24, 2.45) is 0 Å². The average Bonchev–Trinajstić information content (AvgIpc) is 3.24. The van der Waals surface area contributed by atoms with Crippen LogP contribution in [0.1, 0.15) is 5.56 Å². The Morgan fingerprint density at radius 1 is 1.00 bits per heavy atom. The summed E-state index contributed by atoms with van der Waals surface area (Å²) in [6.45, 7) is 0.432. The van der Waals surface area contributed by atoms with Crippen molar-refractivity contribution in [3.63, 3.8) is 0 Å². The Bertz CT molecular complexity index is 939. The maximum atomic E-state index is 12.2. The summed E-state index contributed by atoms with van der Waals surface area (Å²) in [4.78, 5) is 12.2. The molecular formula is C19H21N5O4S. The van der Waals surface area contributed by atoms with Gasteiger partial charge in [0.05, 0.1) is 32.8 Å². The Kier molecular flexibility index (Phi) is 6.90. The normalized spacial score (nSPS) is 10.4. The highest BCUT2D eigenvalue weighted by atomic mass is 32.2. The fourth-order valence-electron chi connectivity index (χ4n) is 2.47. The van der Waals surface area contributed by atoms with E-state index in [1.165, 1.54) is 16.4 Å². The number of carbonyl (C=O) groups excluding carboxylic acids is 1. The van der Waals surface area contributed by atoms with E-state index in [-0.39, 0.29) is 11.7 Å². The largest absolute Gasteiger partial charge is 0.497 e. The van der Waals surface area contributed by atoms with Crippen LogP contribution < -0.4 is 19.5 Å². The minimum atomic E-state index is -0.122. The highest BCUT2D eigenvalue weighted by Gasteiger charge is 2.13. The molecule has 0 spiro atoms. The van der Waals surface area contributed by atoms with Gasteiger partial charge in [0.1, 0.15) is 17.2 Å². The first kappa shape index (κ1) is 20.5. The number of carbonyl (C=O) groups is 1. The van der Waals surface area contributed by atoms with E-state index >= 15 is 0 Å². The summed E-state index contributed by atoms with van der Waals surface area (Å²) in [5.41, 5.74) is 1.66. The molecular weight excluding hydrogens is 394 g/mol.